The molecule has 0 spiro atoms. The Morgan fingerprint density at radius 3 is 2.67 bits per heavy atom. The topological polar surface area (TPSA) is 55.8 Å². The van der Waals surface area contributed by atoms with Crippen molar-refractivity contribution in [3.63, 3.8) is 0 Å². The van der Waals surface area contributed by atoms with Crippen LogP contribution in [-0.2, 0) is 14.3 Å². The molecule has 1 fully saturated rings. The van der Waals surface area contributed by atoms with E-state index in [4.69, 9.17) is 14.6 Å². The van der Waals surface area contributed by atoms with Crippen molar-refractivity contribution < 1.29 is 19.4 Å². The number of aliphatic carboxylic acids is 1. The van der Waals surface area contributed by atoms with Gasteiger partial charge in [0.25, 0.3) is 0 Å². The van der Waals surface area contributed by atoms with Crippen LogP contribution in [0.4, 0.5) is 0 Å². The van der Waals surface area contributed by atoms with Crippen LogP contribution in [0.3, 0.4) is 0 Å². The Morgan fingerprint density at radius 2 is 2.25 bits per heavy atom. The highest BCUT2D eigenvalue weighted by atomic mass is 16.7. The highest BCUT2D eigenvalue weighted by Gasteiger charge is 2.30. The first kappa shape index (κ1) is 9.48. The second kappa shape index (κ2) is 3.87. The van der Waals surface area contributed by atoms with E-state index in [-0.39, 0.29) is 17.9 Å². The van der Waals surface area contributed by atoms with Crippen molar-refractivity contribution >= 4 is 5.97 Å². The summed E-state index contributed by atoms with van der Waals surface area (Å²) in [5.74, 6) is -1.15. The Labute approximate surface area is 71.5 Å². The molecular weight excluding hydrogens is 160 g/mol. The van der Waals surface area contributed by atoms with E-state index in [1.54, 1.807) is 6.92 Å². The first-order chi connectivity index (χ1) is 5.63. The maximum Gasteiger partial charge on any atom is 0.306 e. The lowest BCUT2D eigenvalue weighted by atomic mass is 9.91. The molecule has 0 amide bonds. The van der Waals surface area contributed by atoms with Gasteiger partial charge in [-0.1, -0.05) is 13.8 Å². The highest BCUT2D eigenvalue weighted by molar-refractivity contribution is 5.69. The first-order valence-electron chi connectivity index (χ1n) is 4.05. The van der Waals surface area contributed by atoms with Crippen LogP contribution in [0.5, 0.6) is 0 Å². The SMILES string of the molecule is CC(C(=O)O)C(C)[C@H]1COCO1. The molecule has 1 rings (SSSR count). The third-order valence-electron chi connectivity index (χ3n) is 2.41. The molecule has 1 aliphatic heterocycles. The average molecular weight is 174 g/mol. The Balaban J connectivity index is 2.44. The van der Waals surface area contributed by atoms with E-state index >= 15 is 0 Å². The molecule has 0 bridgehead atoms. The van der Waals surface area contributed by atoms with Gasteiger partial charge in [0.05, 0.1) is 18.6 Å². The zero-order valence-electron chi connectivity index (χ0n) is 7.32. The summed E-state index contributed by atoms with van der Waals surface area (Å²) in [7, 11) is 0. The van der Waals surface area contributed by atoms with Crippen LogP contribution in [0.25, 0.3) is 0 Å². The molecule has 4 nitrogen and oxygen atoms in total. The Bertz CT molecular complexity index is 162. The van der Waals surface area contributed by atoms with Gasteiger partial charge in [-0.05, 0) is 5.92 Å². The monoisotopic (exact) mass is 174 g/mol. The minimum atomic E-state index is -0.780. The summed E-state index contributed by atoms with van der Waals surface area (Å²) in [5, 5.41) is 8.72. The van der Waals surface area contributed by atoms with Crippen LogP contribution in [0.2, 0.25) is 0 Å². The lowest BCUT2D eigenvalue weighted by Gasteiger charge is -2.20. The van der Waals surface area contributed by atoms with E-state index in [9.17, 15) is 4.79 Å². The van der Waals surface area contributed by atoms with Crippen molar-refractivity contribution in [2.45, 2.75) is 20.0 Å². The van der Waals surface area contributed by atoms with Gasteiger partial charge in [0.1, 0.15) is 6.79 Å². The van der Waals surface area contributed by atoms with Crippen LogP contribution in [-0.4, -0.2) is 30.6 Å². The molecule has 1 heterocycles. The number of rotatable bonds is 3. The summed E-state index contributed by atoms with van der Waals surface area (Å²) in [5.41, 5.74) is 0. The molecule has 1 aliphatic rings. The Kier molecular flexibility index (Phi) is 3.05. The highest BCUT2D eigenvalue weighted by Crippen LogP contribution is 2.21. The van der Waals surface area contributed by atoms with Crippen molar-refractivity contribution in [1.29, 1.82) is 0 Å². The summed E-state index contributed by atoms with van der Waals surface area (Å²) < 4.78 is 10.2. The fraction of sp³-hybridized carbons (Fsp3) is 0.875. The number of hydrogen-bond donors (Lipinski definition) is 1. The van der Waals surface area contributed by atoms with Crippen LogP contribution >= 0.6 is 0 Å². The molecular formula is C8H14O4. The number of hydrogen-bond acceptors (Lipinski definition) is 3. The van der Waals surface area contributed by atoms with E-state index in [1.165, 1.54) is 0 Å². The van der Waals surface area contributed by atoms with Crippen LogP contribution in [0.15, 0.2) is 0 Å². The van der Waals surface area contributed by atoms with Gasteiger partial charge in [-0.2, -0.15) is 0 Å². The van der Waals surface area contributed by atoms with E-state index in [0.717, 1.165) is 0 Å². The molecule has 0 aromatic carbocycles. The second-order valence-corrected chi connectivity index (χ2v) is 3.18. The molecule has 1 saturated heterocycles. The molecule has 3 atom stereocenters. The van der Waals surface area contributed by atoms with E-state index in [1.807, 2.05) is 6.92 Å². The maximum absolute atomic E-state index is 10.6. The van der Waals surface area contributed by atoms with Gasteiger partial charge < -0.3 is 14.6 Å². The third kappa shape index (κ3) is 1.95. The van der Waals surface area contributed by atoms with Gasteiger partial charge in [0.2, 0.25) is 0 Å². The quantitative estimate of drug-likeness (QED) is 0.684. The van der Waals surface area contributed by atoms with E-state index < -0.39 is 5.97 Å². The fourth-order valence-electron chi connectivity index (χ4n) is 1.20. The van der Waals surface area contributed by atoms with Crippen molar-refractivity contribution in [1.82, 2.24) is 0 Å². The zero-order valence-corrected chi connectivity index (χ0v) is 7.32. The summed E-state index contributed by atoms with van der Waals surface area (Å²) in [6.07, 6.45) is -0.0592. The van der Waals surface area contributed by atoms with Crippen LogP contribution in [0, 0.1) is 11.8 Å². The zero-order chi connectivity index (χ0) is 9.14. The lowest BCUT2D eigenvalue weighted by Crippen LogP contribution is -2.30. The predicted molar refractivity (Wildman–Crippen MR) is 41.7 cm³/mol. The predicted octanol–water partition coefficient (Wildman–Crippen LogP) is 0.716. The van der Waals surface area contributed by atoms with Crippen molar-refractivity contribution in [3.05, 3.63) is 0 Å². The van der Waals surface area contributed by atoms with Gasteiger partial charge >= 0.3 is 5.97 Å². The van der Waals surface area contributed by atoms with Gasteiger partial charge in [-0.3, -0.25) is 4.79 Å². The minimum absolute atomic E-state index is 0.00463. The smallest absolute Gasteiger partial charge is 0.306 e. The third-order valence-corrected chi connectivity index (χ3v) is 2.41. The summed E-state index contributed by atoms with van der Waals surface area (Å²) in [6.45, 7) is 4.37. The summed E-state index contributed by atoms with van der Waals surface area (Å²) in [4.78, 5) is 10.6. The van der Waals surface area contributed by atoms with Crippen molar-refractivity contribution in [3.8, 4) is 0 Å². The second-order valence-electron chi connectivity index (χ2n) is 3.18. The van der Waals surface area contributed by atoms with Crippen molar-refractivity contribution in [2.75, 3.05) is 13.4 Å². The fourth-order valence-corrected chi connectivity index (χ4v) is 1.20. The number of ether oxygens (including phenoxy) is 2. The normalized spacial score (nSPS) is 28.3. The van der Waals surface area contributed by atoms with Crippen LogP contribution < -0.4 is 0 Å². The van der Waals surface area contributed by atoms with Gasteiger partial charge in [-0.15, -0.1) is 0 Å². The van der Waals surface area contributed by atoms with E-state index in [0.29, 0.717) is 13.4 Å². The van der Waals surface area contributed by atoms with E-state index in [2.05, 4.69) is 0 Å². The molecule has 0 aromatic heterocycles. The molecule has 4 heteroatoms. The summed E-state index contributed by atoms with van der Waals surface area (Å²) >= 11 is 0. The number of carbonyl (C=O) groups is 1. The molecule has 12 heavy (non-hydrogen) atoms. The number of carboxylic acid groups (broad SMARTS) is 1. The molecule has 0 aliphatic carbocycles. The number of carboxylic acids is 1. The minimum Gasteiger partial charge on any atom is -0.481 e. The van der Waals surface area contributed by atoms with Gasteiger partial charge in [0.15, 0.2) is 0 Å². The summed E-state index contributed by atoms with van der Waals surface area (Å²) in [6, 6.07) is 0. The van der Waals surface area contributed by atoms with Gasteiger partial charge in [-0.25, -0.2) is 0 Å². The first-order valence-corrected chi connectivity index (χ1v) is 4.05. The standard InChI is InChI=1S/C8H14O4/c1-5(6(2)8(9)10)7-3-11-4-12-7/h5-7H,3-4H2,1-2H3,(H,9,10)/t5?,6?,7-/m1/s1. The molecule has 1 N–H and O–H groups in total. The average Bonchev–Trinajstić information content (AvgIpc) is 2.53. The van der Waals surface area contributed by atoms with Crippen molar-refractivity contribution in [2.24, 2.45) is 11.8 Å². The molecule has 0 saturated carbocycles. The van der Waals surface area contributed by atoms with Gasteiger partial charge in [0, 0.05) is 0 Å². The molecule has 70 valence electrons. The lowest BCUT2D eigenvalue weighted by molar-refractivity contribution is -0.144. The molecule has 0 radical (unpaired) electrons. The molecule has 2 unspecified atom stereocenters. The molecule has 0 aromatic rings. The Hall–Kier alpha value is -0.610. The Morgan fingerprint density at radius 1 is 1.58 bits per heavy atom. The maximum atomic E-state index is 10.6. The largest absolute Gasteiger partial charge is 0.481 e. The van der Waals surface area contributed by atoms with Crippen LogP contribution in [0.1, 0.15) is 13.8 Å².